The Hall–Kier alpha value is -6.61. The van der Waals surface area contributed by atoms with Gasteiger partial charge in [-0.3, -0.25) is 4.79 Å². The van der Waals surface area contributed by atoms with Crippen LogP contribution in [0, 0.1) is 11.6 Å². The highest BCUT2D eigenvalue weighted by atomic mass is 19.1. The lowest BCUT2D eigenvalue weighted by molar-refractivity contribution is 0.0687. The van der Waals surface area contributed by atoms with Crippen LogP contribution in [0.15, 0.2) is 146 Å². The normalized spacial score (nSPS) is 10.3. The standard InChI is InChI=1S/C20H14FNO3.C20H16FNO2/c21-15-7-9-16(10-8-15)22-18-12-14(6-11-17(18)20(24)25)19(23)13-4-2-1-3-5-13;21-16-7-9-17(10-8-16)22-19-13-15(6-11-18(19)20(23)24)12-14-4-2-1-3-5-14/h1-12,22H,(H,24,25);1-11,13,22H,12H2,(H,23,24). The van der Waals surface area contributed by atoms with Crippen LogP contribution in [0.4, 0.5) is 31.5 Å². The smallest absolute Gasteiger partial charge is 0.337 e. The van der Waals surface area contributed by atoms with E-state index in [9.17, 15) is 33.4 Å². The second kappa shape index (κ2) is 15.8. The third kappa shape index (κ3) is 9.24. The fourth-order valence-corrected chi connectivity index (χ4v) is 4.93. The molecule has 6 aromatic rings. The Morgan fingerprint density at radius 2 is 0.959 bits per heavy atom. The van der Waals surface area contributed by atoms with Crippen LogP contribution in [0.1, 0.15) is 47.8 Å². The molecule has 0 radical (unpaired) electrons. The number of rotatable bonds is 10. The SMILES string of the molecule is O=C(O)c1ccc(Cc2ccccc2)cc1Nc1ccc(F)cc1.O=C(c1ccccc1)c1ccc(C(=O)O)c(Nc2ccc(F)cc2)c1. The summed E-state index contributed by atoms with van der Waals surface area (Å²) in [6, 6.07) is 39.6. The zero-order chi connectivity index (χ0) is 34.8. The average molecular weight is 657 g/mol. The first-order chi connectivity index (χ1) is 23.7. The molecule has 0 atom stereocenters. The highest BCUT2D eigenvalue weighted by molar-refractivity contribution is 6.10. The van der Waals surface area contributed by atoms with Crippen LogP contribution in [0.25, 0.3) is 0 Å². The van der Waals surface area contributed by atoms with E-state index in [-0.39, 0.29) is 28.4 Å². The van der Waals surface area contributed by atoms with E-state index in [1.54, 1.807) is 42.5 Å². The van der Waals surface area contributed by atoms with Crippen molar-refractivity contribution in [1.82, 2.24) is 0 Å². The number of ketones is 1. The number of carboxylic acids is 2. The summed E-state index contributed by atoms with van der Waals surface area (Å²) in [5.41, 5.74) is 5.13. The van der Waals surface area contributed by atoms with Gasteiger partial charge in [0.05, 0.1) is 22.5 Å². The molecule has 244 valence electrons. The second-order valence-corrected chi connectivity index (χ2v) is 10.9. The maximum absolute atomic E-state index is 13.0. The van der Waals surface area contributed by atoms with Gasteiger partial charge >= 0.3 is 11.9 Å². The van der Waals surface area contributed by atoms with Crippen molar-refractivity contribution in [1.29, 1.82) is 0 Å². The number of hydrogen-bond donors (Lipinski definition) is 4. The van der Waals surface area contributed by atoms with Gasteiger partial charge < -0.3 is 20.8 Å². The zero-order valence-corrected chi connectivity index (χ0v) is 25.9. The molecule has 9 heteroatoms. The molecule has 4 N–H and O–H groups in total. The summed E-state index contributed by atoms with van der Waals surface area (Å²) < 4.78 is 26.0. The number of carbonyl (C=O) groups excluding carboxylic acids is 1. The molecule has 0 amide bonds. The van der Waals surface area contributed by atoms with E-state index in [0.29, 0.717) is 34.6 Å². The number of benzene rings is 6. The van der Waals surface area contributed by atoms with Crippen molar-refractivity contribution in [2.45, 2.75) is 6.42 Å². The maximum atomic E-state index is 13.0. The molecule has 0 aromatic heterocycles. The summed E-state index contributed by atoms with van der Waals surface area (Å²) in [6.45, 7) is 0. The molecular weight excluding hydrogens is 626 g/mol. The van der Waals surface area contributed by atoms with Crippen LogP contribution >= 0.6 is 0 Å². The summed E-state index contributed by atoms with van der Waals surface area (Å²) in [6.07, 6.45) is 0.707. The molecule has 0 fully saturated rings. The lowest BCUT2D eigenvalue weighted by Crippen LogP contribution is -2.07. The van der Waals surface area contributed by atoms with Gasteiger partial charge in [0.25, 0.3) is 0 Å². The number of carboxylic acid groups (broad SMARTS) is 2. The van der Waals surface area contributed by atoms with Gasteiger partial charge in [-0.25, -0.2) is 18.4 Å². The molecule has 0 spiro atoms. The Morgan fingerprint density at radius 1 is 0.490 bits per heavy atom. The van der Waals surface area contributed by atoms with E-state index >= 15 is 0 Å². The zero-order valence-electron chi connectivity index (χ0n) is 25.9. The molecule has 0 saturated carbocycles. The van der Waals surface area contributed by atoms with Crippen molar-refractivity contribution in [3.63, 3.8) is 0 Å². The molecule has 0 aliphatic carbocycles. The van der Waals surface area contributed by atoms with Crippen LogP contribution in [-0.2, 0) is 6.42 Å². The predicted molar refractivity (Wildman–Crippen MR) is 185 cm³/mol. The van der Waals surface area contributed by atoms with E-state index < -0.39 is 17.8 Å². The largest absolute Gasteiger partial charge is 0.478 e. The lowest BCUT2D eigenvalue weighted by atomic mass is 10.0. The van der Waals surface area contributed by atoms with Crippen LogP contribution in [0.5, 0.6) is 0 Å². The highest BCUT2D eigenvalue weighted by Gasteiger charge is 2.16. The van der Waals surface area contributed by atoms with Crippen LogP contribution in [-0.4, -0.2) is 27.9 Å². The third-order valence-corrected chi connectivity index (χ3v) is 7.36. The van der Waals surface area contributed by atoms with Crippen LogP contribution in [0.2, 0.25) is 0 Å². The van der Waals surface area contributed by atoms with Crippen molar-refractivity contribution in [3.05, 3.63) is 191 Å². The maximum Gasteiger partial charge on any atom is 0.337 e. The quantitative estimate of drug-likeness (QED) is 0.109. The monoisotopic (exact) mass is 656 g/mol. The molecule has 0 saturated heterocycles. The highest BCUT2D eigenvalue weighted by Crippen LogP contribution is 2.26. The third-order valence-electron chi connectivity index (χ3n) is 7.36. The van der Waals surface area contributed by atoms with E-state index in [4.69, 9.17) is 0 Å². The Balaban J connectivity index is 0.000000191. The Morgan fingerprint density at radius 3 is 1.47 bits per heavy atom. The van der Waals surface area contributed by atoms with Gasteiger partial charge in [0.2, 0.25) is 0 Å². The van der Waals surface area contributed by atoms with Gasteiger partial charge in [0.1, 0.15) is 11.6 Å². The van der Waals surface area contributed by atoms with Crippen molar-refractivity contribution < 1.29 is 33.4 Å². The number of carbonyl (C=O) groups is 3. The van der Waals surface area contributed by atoms with Crippen molar-refractivity contribution in [3.8, 4) is 0 Å². The minimum atomic E-state index is -1.12. The molecule has 0 aliphatic heterocycles. The predicted octanol–water partition coefficient (Wildman–Crippen LogP) is 9.36. The fourth-order valence-electron chi connectivity index (χ4n) is 4.93. The molecule has 6 aromatic carbocycles. The topological polar surface area (TPSA) is 116 Å². The summed E-state index contributed by atoms with van der Waals surface area (Å²) in [5, 5.41) is 24.7. The van der Waals surface area contributed by atoms with Gasteiger partial charge in [0, 0.05) is 22.5 Å². The first-order valence-corrected chi connectivity index (χ1v) is 15.1. The number of nitrogens with one attached hydrogen (secondary N) is 2. The molecule has 0 heterocycles. The number of anilines is 4. The van der Waals surface area contributed by atoms with Crippen molar-refractivity contribution in [2.24, 2.45) is 0 Å². The Labute approximate surface area is 281 Å². The summed E-state index contributed by atoms with van der Waals surface area (Å²) in [5.74, 6) is -3.07. The van der Waals surface area contributed by atoms with E-state index in [2.05, 4.69) is 10.6 Å². The Kier molecular flexibility index (Phi) is 10.9. The first-order valence-electron chi connectivity index (χ1n) is 15.1. The average Bonchev–Trinajstić information content (AvgIpc) is 3.11. The minimum Gasteiger partial charge on any atom is -0.478 e. The molecule has 0 unspecified atom stereocenters. The lowest BCUT2D eigenvalue weighted by Gasteiger charge is -2.12. The summed E-state index contributed by atoms with van der Waals surface area (Å²) >= 11 is 0. The number of halogens is 2. The van der Waals surface area contributed by atoms with Gasteiger partial charge in [-0.2, -0.15) is 0 Å². The first kappa shape index (κ1) is 33.7. The molecule has 6 rings (SSSR count). The summed E-state index contributed by atoms with van der Waals surface area (Å²) in [7, 11) is 0. The van der Waals surface area contributed by atoms with Crippen molar-refractivity contribution in [2.75, 3.05) is 10.6 Å². The molecule has 0 bridgehead atoms. The van der Waals surface area contributed by atoms with Crippen LogP contribution in [0.3, 0.4) is 0 Å². The molecular formula is C40H30F2N2O5. The molecule has 0 aliphatic rings. The fraction of sp³-hybridized carbons (Fsp3) is 0.0250. The van der Waals surface area contributed by atoms with Gasteiger partial charge in [-0.1, -0.05) is 72.8 Å². The molecule has 49 heavy (non-hydrogen) atoms. The van der Waals surface area contributed by atoms with Gasteiger partial charge in [-0.15, -0.1) is 0 Å². The van der Waals surface area contributed by atoms with Crippen LogP contribution < -0.4 is 10.6 Å². The van der Waals surface area contributed by atoms with Crippen molar-refractivity contribution >= 4 is 40.5 Å². The number of aromatic carboxylic acids is 2. The van der Waals surface area contributed by atoms with Gasteiger partial charge in [-0.05, 0) is 90.3 Å². The molecule has 7 nitrogen and oxygen atoms in total. The minimum absolute atomic E-state index is 0.0222. The van der Waals surface area contributed by atoms with E-state index in [1.807, 2.05) is 48.5 Å². The summed E-state index contributed by atoms with van der Waals surface area (Å²) in [4.78, 5) is 35.4. The van der Waals surface area contributed by atoms with E-state index in [1.165, 1.54) is 54.6 Å². The Bertz CT molecular complexity index is 2070. The van der Waals surface area contributed by atoms with E-state index in [0.717, 1.165) is 11.1 Å². The number of hydrogen-bond acceptors (Lipinski definition) is 5. The van der Waals surface area contributed by atoms with Gasteiger partial charge in [0.15, 0.2) is 5.78 Å². The second-order valence-electron chi connectivity index (χ2n) is 10.9.